The number of rotatable bonds is 2. The summed E-state index contributed by atoms with van der Waals surface area (Å²) in [5, 5.41) is 0. The van der Waals surface area contributed by atoms with Crippen molar-refractivity contribution >= 4 is 17.0 Å². The maximum absolute atomic E-state index is 10.6. The van der Waals surface area contributed by atoms with Gasteiger partial charge < -0.3 is 10.2 Å². The van der Waals surface area contributed by atoms with Gasteiger partial charge in [0.2, 0.25) is 5.91 Å². The Kier molecular flexibility index (Phi) is 1.70. The zero-order valence-corrected chi connectivity index (χ0v) is 6.73. The number of hydrogen-bond donors (Lipinski definition) is 1. The summed E-state index contributed by atoms with van der Waals surface area (Å²) in [7, 11) is 0. The Morgan fingerprint density at radius 3 is 3.23 bits per heavy atom. The standard InChI is InChI=1S/C8H7N3O2/c9-7(12)3-8-10-4-6-5(11-8)1-2-13-6/h1-2,4H,3H2,(H2,9,12). The number of furan rings is 1. The number of nitrogens with two attached hydrogens (primary N) is 1. The van der Waals surface area contributed by atoms with Gasteiger partial charge in [-0.25, -0.2) is 9.97 Å². The number of hydrogen-bond acceptors (Lipinski definition) is 4. The van der Waals surface area contributed by atoms with Crippen LogP contribution in [-0.4, -0.2) is 15.9 Å². The van der Waals surface area contributed by atoms with Crippen molar-refractivity contribution in [1.82, 2.24) is 9.97 Å². The maximum atomic E-state index is 10.6. The third kappa shape index (κ3) is 1.48. The van der Waals surface area contributed by atoms with Crippen molar-refractivity contribution in [2.24, 2.45) is 5.73 Å². The van der Waals surface area contributed by atoms with E-state index in [1.165, 1.54) is 12.5 Å². The Hall–Kier alpha value is -1.91. The Morgan fingerprint density at radius 2 is 2.46 bits per heavy atom. The van der Waals surface area contributed by atoms with Crippen LogP contribution in [-0.2, 0) is 11.2 Å². The summed E-state index contributed by atoms with van der Waals surface area (Å²) in [5.41, 5.74) is 6.29. The molecule has 0 fully saturated rings. The number of aromatic nitrogens is 2. The Morgan fingerprint density at radius 1 is 1.62 bits per heavy atom. The van der Waals surface area contributed by atoms with Crippen molar-refractivity contribution in [2.45, 2.75) is 6.42 Å². The minimum absolute atomic E-state index is 0.0567. The zero-order chi connectivity index (χ0) is 9.26. The van der Waals surface area contributed by atoms with Crippen LogP contribution in [0.1, 0.15) is 5.82 Å². The van der Waals surface area contributed by atoms with Gasteiger partial charge in [-0.1, -0.05) is 0 Å². The SMILES string of the molecule is NC(=O)Cc1ncc2occc2n1. The second kappa shape index (κ2) is 2.85. The Balaban J connectivity index is 2.42. The molecular weight excluding hydrogens is 170 g/mol. The third-order valence-corrected chi connectivity index (χ3v) is 1.59. The summed E-state index contributed by atoms with van der Waals surface area (Å²) >= 11 is 0. The molecule has 2 aromatic rings. The fraction of sp³-hybridized carbons (Fsp3) is 0.125. The molecule has 0 aromatic carbocycles. The first kappa shape index (κ1) is 7.72. The van der Waals surface area contributed by atoms with Gasteiger partial charge in [-0.3, -0.25) is 4.79 Å². The minimum Gasteiger partial charge on any atom is -0.461 e. The van der Waals surface area contributed by atoms with E-state index < -0.39 is 5.91 Å². The van der Waals surface area contributed by atoms with Crippen LogP contribution in [0.2, 0.25) is 0 Å². The summed E-state index contributed by atoms with van der Waals surface area (Å²) in [4.78, 5) is 18.5. The van der Waals surface area contributed by atoms with Gasteiger partial charge in [0.25, 0.3) is 0 Å². The van der Waals surface area contributed by atoms with Gasteiger partial charge in [0.1, 0.15) is 11.3 Å². The molecule has 1 amide bonds. The van der Waals surface area contributed by atoms with E-state index in [0.29, 0.717) is 16.9 Å². The molecule has 2 heterocycles. The molecule has 0 aliphatic carbocycles. The van der Waals surface area contributed by atoms with Gasteiger partial charge in [0.15, 0.2) is 5.58 Å². The fourth-order valence-electron chi connectivity index (χ4n) is 1.05. The second-order valence-corrected chi connectivity index (χ2v) is 2.60. The van der Waals surface area contributed by atoms with Gasteiger partial charge in [0.05, 0.1) is 18.9 Å². The van der Waals surface area contributed by atoms with E-state index in [4.69, 9.17) is 10.2 Å². The lowest BCUT2D eigenvalue weighted by atomic mass is 10.3. The molecule has 0 unspecified atom stereocenters. The highest BCUT2D eigenvalue weighted by Crippen LogP contribution is 2.10. The maximum Gasteiger partial charge on any atom is 0.225 e. The van der Waals surface area contributed by atoms with Crippen molar-refractivity contribution in [3.63, 3.8) is 0 Å². The first-order chi connectivity index (χ1) is 6.25. The van der Waals surface area contributed by atoms with Crippen molar-refractivity contribution < 1.29 is 9.21 Å². The highest BCUT2D eigenvalue weighted by Gasteiger charge is 2.04. The molecule has 0 radical (unpaired) electrons. The lowest BCUT2D eigenvalue weighted by molar-refractivity contribution is -0.117. The lowest BCUT2D eigenvalue weighted by Gasteiger charge is -1.94. The summed E-state index contributed by atoms with van der Waals surface area (Å²) in [6.07, 6.45) is 3.11. The van der Waals surface area contributed by atoms with Crippen LogP contribution < -0.4 is 5.73 Å². The Labute approximate surface area is 73.6 Å². The number of primary amides is 1. The molecule has 5 nitrogen and oxygen atoms in total. The third-order valence-electron chi connectivity index (χ3n) is 1.59. The molecule has 2 aromatic heterocycles. The van der Waals surface area contributed by atoms with Gasteiger partial charge in [-0.05, 0) is 0 Å². The summed E-state index contributed by atoms with van der Waals surface area (Å²) in [5.74, 6) is -0.0238. The van der Waals surface area contributed by atoms with Crippen LogP contribution in [0.15, 0.2) is 22.9 Å². The molecule has 66 valence electrons. The van der Waals surface area contributed by atoms with Gasteiger partial charge >= 0.3 is 0 Å². The smallest absolute Gasteiger partial charge is 0.225 e. The van der Waals surface area contributed by atoms with Gasteiger partial charge in [-0.15, -0.1) is 0 Å². The molecule has 0 aliphatic heterocycles. The predicted octanol–water partition coefficient (Wildman–Crippen LogP) is 0.251. The van der Waals surface area contributed by atoms with Crippen LogP contribution in [0.3, 0.4) is 0 Å². The van der Waals surface area contributed by atoms with Crippen molar-refractivity contribution in [3.05, 3.63) is 24.4 Å². The predicted molar refractivity (Wildman–Crippen MR) is 44.7 cm³/mol. The molecule has 2 N–H and O–H groups in total. The van der Waals surface area contributed by atoms with Crippen LogP contribution in [0.5, 0.6) is 0 Å². The lowest BCUT2D eigenvalue weighted by Crippen LogP contribution is -2.15. The highest BCUT2D eigenvalue weighted by atomic mass is 16.3. The molecule has 2 rings (SSSR count). The number of fused-ring (bicyclic) bond motifs is 1. The largest absolute Gasteiger partial charge is 0.461 e. The first-order valence-corrected chi connectivity index (χ1v) is 3.73. The topological polar surface area (TPSA) is 82.0 Å². The number of carbonyl (C=O) groups excluding carboxylic acids is 1. The van der Waals surface area contributed by atoms with Crippen molar-refractivity contribution in [3.8, 4) is 0 Å². The van der Waals surface area contributed by atoms with E-state index >= 15 is 0 Å². The van der Waals surface area contributed by atoms with E-state index in [0.717, 1.165) is 0 Å². The van der Waals surface area contributed by atoms with E-state index in [1.54, 1.807) is 6.07 Å². The van der Waals surface area contributed by atoms with Gasteiger partial charge in [0, 0.05) is 6.07 Å². The minimum atomic E-state index is -0.442. The molecule has 0 atom stereocenters. The zero-order valence-electron chi connectivity index (χ0n) is 6.73. The Bertz CT molecular complexity index is 449. The highest BCUT2D eigenvalue weighted by molar-refractivity contribution is 5.77. The van der Waals surface area contributed by atoms with Gasteiger partial charge in [-0.2, -0.15) is 0 Å². The summed E-state index contributed by atoms with van der Waals surface area (Å²) < 4.78 is 5.04. The van der Waals surface area contributed by atoms with E-state index in [-0.39, 0.29) is 6.42 Å². The number of amides is 1. The molecule has 0 saturated heterocycles. The summed E-state index contributed by atoms with van der Waals surface area (Å²) in [6, 6.07) is 1.71. The van der Waals surface area contributed by atoms with E-state index in [9.17, 15) is 4.79 Å². The number of nitrogens with zero attached hydrogens (tertiary/aromatic N) is 2. The summed E-state index contributed by atoms with van der Waals surface area (Å²) in [6.45, 7) is 0. The monoisotopic (exact) mass is 177 g/mol. The molecule has 0 bridgehead atoms. The first-order valence-electron chi connectivity index (χ1n) is 3.73. The number of carbonyl (C=O) groups is 1. The van der Waals surface area contributed by atoms with E-state index in [1.807, 2.05) is 0 Å². The molecule has 0 saturated carbocycles. The fourth-order valence-corrected chi connectivity index (χ4v) is 1.05. The molecule has 0 aliphatic rings. The van der Waals surface area contributed by atoms with Crippen LogP contribution in [0.25, 0.3) is 11.1 Å². The molecule has 5 heteroatoms. The normalized spacial score (nSPS) is 10.5. The molecular formula is C8H7N3O2. The van der Waals surface area contributed by atoms with Crippen molar-refractivity contribution in [1.29, 1.82) is 0 Å². The molecule has 0 spiro atoms. The van der Waals surface area contributed by atoms with E-state index in [2.05, 4.69) is 9.97 Å². The average molecular weight is 177 g/mol. The average Bonchev–Trinajstić information content (AvgIpc) is 2.49. The second-order valence-electron chi connectivity index (χ2n) is 2.60. The van der Waals surface area contributed by atoms with Crippen LogP contribution in [0, 0.1) is 0 Å². The molecule has 13 heavy (non-hydrogen) atoms. The van der Waals surface area contributed by atoms with Crippen LogP contribution >= 0.6 is 0 Å². The van der Waals surface area contributed by atoms with Crippen LogP contribution in [0.4, 0.5) is 0 Å². The quantitative estimate of drug-likeness (QED) is 0.712. The van der Waals surface area contributed by atoms with Crippen molar-refractivity contribution in [2.75, 3.05) is 0 Å².